The Labute approximate surface area is 128 Å². The van der Waals surface area contributed by atoms with Gasteiger partial charge in [-0.2, -0.15) is 0 Å². The molecule has 0 fully saturated rings. The molecular formula is C17H19BrN2. The van der Waals surface area contributed by atoms with Gasteiger partial charge in [0.15, 0.2) is 0 Å². The molecule has 0 bridgehead atoms. The van der Waals surface area contributed by atoms with E-state index in [9.17, 15) is 0 Å². The van der Waals surface area contributed by atoms with Gasteiger partial charge in [0, 0.05) is 16.2 Å². The van der Waals surface area contributed by atoms with Crippen LogP contribution in [0.15, 0.2) is 40.9 Å². The van der Waals surface area contributed by atoms with Crippen molar-refractivity contribution < 1.29 is 0 Å². The summed E-state index contributed by atoms with van der Waals surface area (Å²) in [5, 5.41) is 3.69. The maximum atomic E-state index is 6.24. The number of nitrogens with two attached hydrogens (primary N) is 1. The van der Waals surface area contributed by atoms with Gasteiger partial charge in [-0.3, -0.25) is 0 Å². The number of halogens is 1. The molecule has 3 N–H and O–H groups in total. The van der Waals surface area contributed by atoms with E-state index in [0.29, 0.717) is 6.04 Å². The highest BCUT2D eigenvalue weighted by Gasteiger charge is 2.28. The molecule has 3 rings (SSSR count). The van der Waals surface area contributed by atoms with Crippen molar-refractivity contribution in [3.63, 3.8) is 0 Å². The van der Waals surface area contributed by atoms with Crippen molar-refractivity contribution >= 4 is 21.6 Å². The van der Waals surface area contributed by atoms with E-state index in [4.69, 9.17) is 5.73 Å². The molecule has 2 nitrogen and oxygen atoms in total. The molecule has 0 spiro atoms. The second-order valence-corrected chi connectivity index (χ2v) is 6.50. The summed E-state index contributed by atoms with van der Waals surface area (Å²) in [5.74, 6) is 0. The van der Waals surface area contributed by atoms with Gasteiger partial charge in [0.05, 0.1) is 6.04 Å². The molecule has 0 saturated heterocycles. The smallest absolute Gasteiger partial charge is 0.0535 e. The lowest BCUT2D eigenvalue weighted by Gasteiger charge is -2.20. The highest BCUT2D eigenvalue weighted by molar-refractivity contribution is 9.10. The molecule has 0 heterocycles. The maximum Gasteiger partial charge on any atom is 0.0535 e. The summed E-state index contributed by atoms with van der Waals surface area (Å²) in [7, 11) is 0. The molecule has 0 aliphatic heterocycles. The lowest BCUT2D eigenvalue weighted by atomic mass is 10.1. The summed E-state index contributed by atoms with van der Waals surface area (Å²) >= 11 is 3.55. The Morgan fingerprint density at radius 2 is 1.70 bits per heavy atom. The first-order valence-corrected chi connectivity index (χ1v) is 7.73. The predicted octanol–water partition coefficient (Wildman–Crippen LogP) is 4.62. The van der Waals surface area contributed by atoms with Crippen LogP contribution in [0.25, 0.3) is 0 Å². The minimum Gasteiger partial charge on any atom is -0.378 e. The standard InChI is InChI=1S/C17H19BrN2/c1-10-7-12(18)8-11(2)17(10)20-16-9-15(19)13-5-3-4-6-14(13)16/h3-8,15-16,20H,9,19H2,1-2H3. The molecule has 2 unspecified atom stereocenters. The van der Waals surface area contributed by atoms with Crippen LogP contribution >= 0.6 is 15.9 Å². The van der Waals surface area contributed by atoms with Gasteiger partial charge in [-0.1, -0.05) is 40.2 Å². The molecule has 0 saturated carbocycles. The highest BCUT2D eigenvalue weighted by Crippen LogP contribution is 2.40. The fraction of sp³-hybridized carbons (Fsp3) is 0.294. The van der Waals surface area contributed by atoms with Crippen LogP contribution in [-0.2, 0) is 0 Å². The van der Waals surface area contributed by atoms with E-state index in [2.05, 4.69) is 71.5 Å². The Morgan fingerprint density at radius 3 is 2.35 bits per heavy atom. The van der Waals surface area contributed by atoms with Crippen molar-refractivity contribution in [1.82, 2.24) is 0 Å². The topological polar surface area (TPSA) is 38.0 Å². The fourth-order valence-corrected chi connectivity index (χ4v) is 3.81. The lowest BCUT2D eigenvalue weighted by Crippen LogP contribution is -2.11. The summed E-state index contributed by atoms with van der Waals surface area (Å²) in [6.07, 6.45) is 0.953. The summed E-state index contributed by atoms with van der Waals surface area (Å²) in [6.45, 7) is 4.28. The molecule has 0 amide bonds. The van der Waals surface area contributed by atoms with Gasteiger partial charge < -0.3 is 11.1 Å². The monoisotopic (exact) mass is 330 g/mol. The summed E-state index contributed by atoms with van der Waals surface area (Å²) in [5.41, 5.74) is 12.6. The number of rotatable bonds is 2. The Morgan fingerprint density at radius 1 is 1.10 bits per heavy atom. The Bertz CT molecular complexity index is 628. The molecule has 1 aliphatic rings. The lowest BCUT2D eigenvalue weighted by molar-refractivity contribution is 0.648. The zero-order valence-corrected chi connectivity index (χ0v) is 13.4. The molecule has 1 aliphatic carbocycles. The first kappa shape index (κ1) is 13.7. The van der Waals surface area contributed by atoms with Gasteiger partial charge in [-0.05, 0) is 54.7 Å². The number of aryl methyl sites for hydroxylation is 2. The van der Waals surface area contributed by atoms with Crippen LogP contribution in [0.4, 0.5) is 5.69 Å². The maximum absolute atomic E-state index is 6.24. The third kappa shape index (κ3) is 2.36. The normalized spacial score (nSPS) is 20.8. The largest absolute Gasteiger partial charge is 0.378 e. The second-order valence-electron chi connectivity index (χ2n) is 5.58. The number of hydrogen-bond donors (Lipinski definition) is 2. The predicted molar refractivity (Wildman–Crippen MR) is 88.0 cm³/mol. The average Bonchev–Trinajstić information content (AvgIpc) is 2.71. The Hall–Kier alpha value is -1.32. The van der Waals surface area contributed by atoms with E-state index < -0.39 is 0 Å². The van der Waals surface area contributed by atoms with Crippen molar-refractivity contribution in [2.75, 3.05) is 5.32 Å². The summed E-state index contributed by atoms with van der Waals surface area (Å²) in [4.78, 5) is 0. The van der Waals surface area contributed by atoms with Gasteiger partial charge in [0.1, 0.15) is 0 Å². The molecule has 3 heteroatoms. The molecule has 2 atom stereocenters. The van der Waals surface area contributed by atoms with Crippen molar-refractivity contribution in [2.45, 2.75) is 32.4 Å². The van der Waals surface area contributed by atoms with E-state index in [0.717, 1.165) is 10.9 Å². The van der Waals surface area contributed by atoms with Gasteiger partial charge in [-0.25, -0.2) is 0 Å². The summed E-state index contributed by atoms with van der Waals surface area (Å²) in [6, 6.07) is 13.2. The van der Waals surface area contributed by atoms with Crippen LogP contribution in [-0.4, -0.2) is 0 Å². The van der Waals surface area contributed by atoms with Crippen LogP contribution < -0.4 is 11.1 Å². The van der Waals surface area contributed by atoms with Gasteiger partial charge in [0.2, 0.25) is 0 Å². The van der Waals surface area contributed by atoms with Crippen molar-refractivity contribution in [3.8, 4) is 0 Å². The molecule has 20 heavy (non-hydrogen) atoms. The molecular weight excluding hydrogens is 312 g/mol. The minimum atomic E-state index is 0.139. The van der Waals surface area contributed by atoms with E-state index in [1.807, 2.05) is 0 Å². The van der Waals surface area contributed by atoms with E-state index >= 15 is 0 Å². The molecule has 2 aromatic rings. The van der Waals surface area contributed by atoms with Crippen molar-refractivity contribution in [3.05, 3.63) is 63.1 Å². The average molecular weight is 331 g/mol. The van der Waals surface area contributed by atoms with E-state index in [-0.39, 0.29) is 6.04 Å². The van der Waals surface area contributed by atoms with Crippen LogP contribution in [0, 0.1) is 13.8 Å². The minimum absolute atomic E-state index is 0.139. The molecule has 0 aromatic heterocycles. The van der Waals surface area contributed by atoms with Crippen LogP contribution in [0.5, 0.6) is 0 Å². The third-order valence-corrected chi connectivity index (χ3v) is 4.53. The number of nitrogens with one attached hydrogen (secondary N) is 1. The van der Waals surface area contributed by atoms with Gasteiger partial charge in [-0.15, -0.1) is 0 Å². The van der Waals surface area contributed by atoms with Crippen LogP contribution in [0.3, 0.4) is 0 Å². The van der Waals surface area contributed by atoms with E-state index in [1.165, 1.54) is 27.9 Å². The van der Waals surface area contributed by atoms with Gasteiger partial charge >= 0.3 is 0 Å². The summed E-state index contributed by atoms with van der Waals surface area (Å²) < 4.78 is 1.13. The van der Waals surface area contributed by atoms with E-state index in [1.54, 1.807) is 0 Å². The quantitative estimate of drug-likeness (QED) is 0.842. The molecule has 0 radical (unpaired) electrons. The van der Waals surface area contributed by atoms with Crippen molar-refractivity contribution in [1.29, 1.82) is 0 Å². The van der Waals surface area contributed by atoms with Gasteiger partial charge in [0.25, 0.3) is 0 Å². The Kier molecular flexibility index (Phi) is 3.57. The zero-order valence-electron chi connectivity index (χ0n) is 11.8. The zero-order chi connectivity index (χ0) is 14.3. The number of anilines is 1. The molecule has 104 valence electrons. The van der Waals surface area contributed by atoms with Crippen LogP contribution in [0.1, 0.15) is 40.8 Å². The first-order valence-electron chi connectivity index (χ1n) is 6.94. The SMILES string of the molecule is Cc1cc(Br)cc(C)c1NC1CC(N)c2ccccc21. The van der Waals surface area contributed by atoms with Crippen molar-refractivity contribution in [2.24, 2.45) is 5.73 Å². The number of hydrogen-bond acceptors (Lipinski definition) is 2. The number of benzene rings is 2. The first-order chi connectivity index (χ1) is 9.56. The second kappa shape index (κ2) is 5.23. The fourth-order valence-electron chi connectivity index (χ4n) is 3.12. The molecule has 2 aromatic carbocycles. The Balaban J connectivity index is 1.94. The third-order valence-electron chi connectivity index (χ3n) is 4.08. The number of fused-ring (bicyclic) bond motifs is 1. The van der Waals surface area contributed by atoms with Crippen LogP contribution in [0.2, 0.25) is 0 Å². The highest BCUT2D eigenvalue weighted by atomic mass is 79.9.